The van der Waals surface area contributed by atoms with Crippen molar-refractivity contribution in [2.24, 2.45) is 0 Å². The van der Waals surface area contributed by atoms with E-state index in [2.05, 4.69) is 10.5 Å². The van der Waals surface area contributed by atoms with Gasteiger partial charge in [-0.3, -0.25) is 9.59 Å². The number of carbonyl (C=O) groups excluding carboxylic acids is 2. The van der Waals surface area contributed by atoms with Gasteiger partial charge in [0, 0.05) is 12.2 Å². The Morgan fingerprint density at radius 3 is 2.70 bits per heavy atom. The van der Waals surface area contributed by atoms with Crippen LogP contribution in [-0.2, 0) is 4.79 Å². The Bertz CT molecular complexity index is 704. The number of amides is 2. The van der Waals surface area contributed by atoms with Crippen molar-refractivity contribution >= 4 is 17.5 Å². The Kier molecular flexibility index (Phi) is 4.14. The van der Waals surface area contributed by atoms with Crippen LogP contribution in [0, 0.1) is 13.8 Å². The number of benzene rings is 1. The van der Waals surface area contributed by atoms with Crippen molar-refractivity contribution in [1.29, 1.82) is 0 Å². The minimum atomic E-state index is -0.523. The summed E-state index contributed by atoms with van der Waals surface area (Å²) in [6, 6.07) is 8.98. The lowest BCUT2D eigenvalue weighted by molar-refractivity contribution is -0.121. The van der Waals surface area contributed by atoms with Crippen molar-refractivity contribution in [2.45, 2.75) is 32.7 Å². The summed E-state index contributed by atoms with van der Waals surface area (Å²) < 4.78 is 5.02. The summed E-state index contributed by atoms with van der Waals surface area (Å²) in [7, 11) is 0. The van der Waals surface area contributed by atoms with Crippen LogP contribution in [0.25, 0.3) is 0 Å². The van der Waals surface area contributed by atoms with E-state index >= 15 is 0 Å². The average molecular weight is 313 g/mol. The number of nitrogens with one attached hydrogen (secondary N) is 1. The summed E-state index contributed by atoms with van der Waals surface area (Å²) in [4.78, 5) is 26.8. The van der Waals surface area contributed by atoms with Crippen molar-refractivity contribution in [1.82, 2.24) is 10.5 Å². The lowest BCUT2D eigenvalue weighted by Gasteiger charge is -2.32. The number of anilines is 1. The van der Waals surface area contributed by atoms with Gasteiger partial charge >= 0.3 is 0 Å². The van der Waals surface area contributed by atoms with Crippen LogP contribution >= 0.6 is 0 Å². The number of para-hydroxylation sites is 1. The number of carbonyl (C=O) groups is 2. The van der Waals surface area contributed by atoms with E-state index in [-0.39, 0.29) is 11.8 Å². The second kappa shape index (κ2) is 6.24. The first-order chi connectivity index (χ1) is 11.1. The van der Waals surface area contributed by atoms with Gasteiger partial charge in [-0.05, 0) is 38.8 Å². The van der Waals surface area contributed by atoms with Gasteiger partial charge in [-0.2, -0.15) is 0 Å². The summed E-state index contributed by atoms with van der Waals surface area (Å²) >= 11 is 0. The maximum atomic E-state index is 12.7. The Labute approximate surface area is 134 Å². The fraction of sp³-hybridized carbons (Fsp3) is 0.353. The highest BCUT2D eigenvalue weighted by Gasteiger charge is 2.32. The van der Waals surface area contributed by atoms with E-state index < -0.39 is 6.04 Å². The molecular weight excluding hydrogens is 294 g/mol. The molecule has 2 aromatic rings. The van der Waals surface area contributed by atoms with Crippen LogP contribution in [0.5, 0.6) is 0 Å². The van der Waals surface area contributed by atoms with E-state index in [1.165, 1.54) is 0 Å². The molecule has 0 saturated carbocycles. The number of rotatable bonds is 3. The lowest BCUT2D eigenvalue weighted by atomic mass is 10.0. The predicted molar refractivity (Wildman–Crippen MR) is 85.3 cm³/mol. The molecule has 1 aromatic heterocycles. The molecule has 1 saturated heterocycles. The standard InChI is InChI=1S/C17H19N3O3/c1-11-15(12(2)23-19-11)16(21)18-14-9-6-10-20(17(14)22)13-7-4-3-5-8-13/h3-5,7-8,14H,6,9-10H2,1-2H3,(H,18,21). The van der Waals surface area contributed by atoms with Crippen molar-refractivity contribution < 1.29 is 14.1 Å². The molecule has 1 unspecified atom stereocenters. The minimum Gasteiger partial charge on any atom is -0.361 e. The Morgan fingerprint density at radius 2 is 2.04 bits per heavy atom. The number of aromatic nitrogens is 1. The van der Waals surface area contributed by atoms with E-state index in [1.54, 1.807) is 18.7 Å². The molecule has 2 heterocycles. The van der Waals surface area contributed by atoms with Gasteiger partial charge in [0.15, 0.2) is 0 Å². The molecule has 1 aromatic carbocycles. The summed E-state index contributed by atoms with van der Waals surface area (Å²) in [6.07, 6.45) is 1.48. The van der Waals surface area contributed by atoms with Crippen LogP contribution in [0.4, 0.5) is 5.69 Å². The van der Waals surface area contributed by atoms with Crippen LogP contribution < -0.4 is 10.2 Å². The molecule has 2 amide bonds. The predicted octanol–water partition coefficient (Wildman–Crippen LogP) is 2.22. The van der Waals surface area contributed by atoms with Crippen LogP contribution in [0.1, 0.15) is 34.7 Å². The third kappa shape index (κ3) is 2.97. The summed E-state index contributed by atoms with van der Waals surface area (Å²) in [5, 5.41) is 6.60. The first kappa shape index (κ1) is 15.3. The van der Waals surface area contributed by atoms with Crippen LogP contribution in [0.2, 0.25) is 0 Å². The lowest BCUT2D eigenvalue weighted by Crippen LogP contribution is -2.52. The SMILES string of the molecule is Cc1noc(C)c1C(=O)NC1CCCN(c2ccccc2)C1=O. The molecule has 0 radical (unpaired) electrons. The fourth-order valence-corrected chi connectivity index (χ4v) is 2.91. The van der Waals surface area contributed by atoms with E-state index in [0.717, 1.165) is 12.1 Å². The zero-order chi connectivity index (χ0) is 16.4. The second-order valence-electron chi connectivity index (χ2n) is 5.69. The maximum absolute atomic E-state index is 12.7. The van der Waals surface area contributed by atoms with Crippen LogP contribution in [0.3, 0.4) is 0 Å². The highest BCUT2D eigenvalue weighted by Crippen LogP contribution is 2.21. The summed E-state index contributed by atoms with van der Waals surface area (Å²) in [6.45, 7) is 4.07. The normalized spacial score (nSPS) is 18.1. The van der Waals surface area contributed by atoms with Gasteiger partial charge in [0.05, 0.1) is 5.69 Å². The van der Waals surface area contributed by atoms with Crippen molar-refractivity contribution in [3.8, 4) is 0 Å². The number of piperidine rings is 1. The fourth-order valence-electron chi connectivity index (χ4n) is 2.91. The summed E-state index contributed by atoms with van der Waals surface area (Å²) in [5.41, 5.74) is 1.80. The number of hydrogen-bond donors (Lipinski definition) is 1. The average Bonchev–Trinajstić information content (AvgIpc) is 2.89. The molecule has 0 bridgehead atoms. The molecule has 120 valence electrons. The first-order valence-corrected chi connectivity index (χ1v) is 7.68. The van der Waals surface area contributed by atoms with E-state index in [4.69, 9.17) is 4.52 Å². The molecule has 1 aliphatic rings. The molecule has 0 aliphatic carbocycles. The number of nitrogens with zero attached hydrogens (tertiary/aromatic N) is 2. The Hall–Kier alpha value is -2.63. The van der Waals surface area contributed by atoms with Crippen molar-refractivity contribution in [3.05, 3.63) is 47.3 Å². The molecule has 6 nitrogen and oxygen atoms in total. The van der Waals surface area contributed by atoms with Crippen LogP contribution in [-0.4, -0.2) is 29.6 Å². The van der Waals surface area contributed by atoms with Gasteiger partial charge in [-0.15, -0.1) is 0 Å². The van der Waals surface area contributed by atoms with Gasteiger partial charge < -0.3 is 14.7 Å². The highest BCUT2D eigenvalue weighted by atomic mass is 16.5. The molecule has 6 heteroatoms. The molecular formula is C17H19N3O3. The first-order valence-electron chi connectivity index (χ1n) is 7.68. The van der Waals surface area contributed by atoms with E-state index in [0.29, 0.717) is 30.0 Å². The third-order valence-corrected chi connectivity index (χ3v) is 4.07. The second-order valence-corrected chi connectivity index (χ2v) is 5.69. The number of hydrogen-bond acceptors (Lipinski definition) is 4. The molecule has 3 rings (SSSR count). The largest absolute Gasteiger partial charge is 0.361 e. The van der Waals surface area contributed by atoms with Gasteiger partial charge in [-0.25, -0.2) is 0 Å². The Morgan fingerprint density at radius 1 is 1.30 bits per heavy atom. The molecule has 23 heavy (non-hydrogen) atoms. The Balaban J connectivity index is 1.76. The minimum absolute atomic E-state index is 0.0810. The monoisotopic (exact) mass is 313 g/mol. The molecule has 0 spiro atoms. The van der Waals surface area contributed by atoms with E-state index in [1.807, 2.05) is 30.3 Å². The zero-order valence-corrected chi connectivity index (χ0v) is 13.2. The molecule has 1 N–H and O–H groups in total. The smallest absolute Gasteiger partial charge is 0.257 e. The van der Waals surface area contributed by atoms with Gasteiger partial charge in [0.1, 0.15) is 17.4 Å². The van der Waals surface area contributed by atoms with Gasteiger partial charge in [0.2, 0.25) is 5.91 Å². The van der Waals surface area contributed by atoms with Gasteiger partial charge in [0.25, 0.3) is 5.91 Å². The van der Waals surface area contributed by atoms with Crippen molar-refractivity contribution in [3.63, 3.8) is 0 Å². The third-order valence-electron chi connectivity index (χ3n) is 4.07. The number of aryl methyl sites for hydroxylation is 2. The summed E-state index contributed by atoms with van der Waals surface area (Å²) in [5.74, 6) is 0.0697. The quantitative estimate of drug-likeness (QED) is 0.942. The van der Waals surface area contributed by atoms with Crippen LogP contribution in [0.15, 0.2) is 34.9 Å². The van der Waals surface area contributed by atoms with Gasteiger partial charge in [-0.1, -0.05) is 23.4 Å². The highest BCUT2D eigenvalue weighted by molar-refractivity contribution is 6.03. The maximum Gasteiger partial charge on any atom is 0.257 e. The molecule has 1 atom stereocenters. The van der Waals surface area contributed by atoms with E-state index in [9.17, 15) is 9.59 Å². The van der Waals surface area contributed by atoms with Crippen molar-refractivity contribution in [2.75, 3.05) is 11.4 Å². The zero-order valence-electron chi connectivity index (χ0n) is 13.2. The molecule has 1 aliphatic heterocycles. The molecule has 1 fully saturated rings. The topological polar surface area (TPSA) is 75.4 Å².